The maximum absolute atomic E-state index is 7.83. The van der Waals surface area contributed by atoms with E-state index in [9.17, 15) is 0 Å². The zero-order valence-electron chi connectivity index (χ0n) is 34.0. The predicted molar refractivity (Wildman–Crippen MR) is 257 cm³/mol. The van der Waals surface area contributed by atoms with Gasteiger partial charge < -0.3 is 4.42 Å². The number of rotatable bonds is 8. The average Bonchev–Trinajstić information content (AvgIpc) is 3.75. The molecule has 0 aliphatic rings. The van der Waals surface area contributed by atoms with Crippen molar-refractivity contribution in [2.45, 2.75) is 0 Å². The van der Waals surface area contributed by atoms with Gasteiger partial charge in [-0.3, -0.25) is 0 Å². The topological polar surface area (TPSA) is 56.2 Å². The van der Waals surface area contributed by atoms with Crippen LogP contribution >= 0.6 is 0 Å². The van der Waals surface area contributed by atoms with Gasteiger partial charge in [0.15, 0.2) is 23.2 Å². The van der Waals surface area contributed by atoms with Crippen LogP contribution in [-0.4, -0.2) is 15.0 Å². The van der Waals surface area contributed by atoms with Crippen LogP contribution in [-0.2, 0) is 0 Å². The summed E-state index contributed by atoms with van der Waals surface area (Å²) >= 11 is 0. The molecule has 0 unspecified atom stereocenters. The van der Waals surface area contributed by atoms with E-state index in [1.807, 2.05) is 72.8 Å². The predicted octanol–water partition coefficient (Wildman–Crippen LogP) is 15.7. The van der Waals surface area contributed by atoms with Crippen LogP contribution in [0.4, 0.5) is 5.69 Å². The van der Waals surface area contributed by atoms with E-state index in [1.165, 1.54) is 5.56 Å². The Bertz CT molecular complexity index is 3460. The van der Waals surface area contributed by atoms with Crippen LogP contribution in [0.3, 0.4) is 0 Å². The summed E-state index contributed by atoms with van der Waals surface area (Å²) < 4.78 is 6.64. The molecule has 0 bridgehead atoms. The van der Waals surface area contributed by atoms with Crippen LogP contribution in [0.2, 0.25) is 0 Å². The zero-order chi connectivity index (χ0) is 42.1. The fraction of sp³-hybridized carbons (Fsp3) is 0. The van der Waals surface area contributed by atoms with Crippen molar-refractivity contribution in [1.82, 2.24) is 15.0 Å². The summed E-state index contributed by atoms with van der Waals surface area (Å²) in [7, 11) is 0. The molecule has 2 aromatic heterocycles. The molecule has 0 N–H and O–H groups in total. The summed E-state index contributed by atoms with van der Waals surface area (Å²) in [6, 6.07) is 74.7. The molecule has 0 fully saturated rings. The van der Waals surface area contributed by atoms with E-state index >= 15 is 0 Å². The number of fused-ring (bicyclic) bond motifs is 3. The van der Waals surface area contributed by atoms with Gasteiger partial charge in [-0.2, -0.15) is 0 Å². The Morgan fingerprint density at radius 1 is 0.317 bits per heavy atom. The molecule has 9 aromatic carbocycles. The molecular formula is C58H36N4O. The van der Waals surface area contributed by atoms with Crippen LogP contribution in [0.25, 0.3) is 117 Å². The minimum absolute atomic E-state index is 0.520. The number of furan rings is 1. The Kier molecular flexibility index (Phi) is 9.50. The fourth-order valence-electron chi connectivity index (χ4n) is 8.46. The molecule has 5 nitrogen and oxygen atoms in total. The van der Waals surface area contributed by atoms with Crippen molar-refractivity contribution >= 4 is 27.6 Å². The number of para-hydroxylation sites is 1. The first-order valence-corrected chi connectivity index (χ1v) is 20.9. The molecule has 5 heteroatoms. The standard InChI is InChI=1S/C58H36N4O/c1-59-52-28-12-11-26-49(52)42-23-14-25-44(33-42)56-60-57(62-58(61-56)48-35-46(39-18-7-3-8-19-39)34-47(36-48)40-20-9-4-10-21-40)45-30-31-51-54(37-45)63-53-29-15-27-50(55(51)53)43-24-13-22-41(32-43)38-16-5-2-6-17-38/h2-37H. The normalized spacial score (nSPS) is 11.2. The third-order valence-electron chi connectivity index (χ3n) is 11.5. The van der Waals surface area contributed by atoms with E-state index in [0.29, 0.717) is 23.2 Å². The summed E-state index contributed by atoms with van der Waals surface area (Å²) in [5.74, 6) is 1.59. The monoisotopic (exact) mass is 804 g/mol. The van der Waals surface area contributed by atoms with Gasteiger partial charge in [0.2, 0.25) is 0 Å². The first-order valence-electron chi connectivity index (χ1n) is 20.9. The first-order chi connectivity index (χ1) is 31.1. The number of benzene rings is 9. The summed E-state index contributed by atoms with van der Waals surface area (Å²) in [5, 5.41) is 2.07. The largest absolute Gasteiger partial charge is 0.456 e. The molecule has 2 heterocycles. The van der Waals surface area contributed by atoms with Crippen molar-refractivity contribution in [2.75, 3.05) is 0 Å². The molecule has 0 radical (unpaired) electrons. The molecule has 0 saturated carbocycles. The minimum atomic E-state index is 0.520. The Labute approximate surface area is 365 Å². The van der Waals surface area contributed by atoms with Crippen LogP contribution in [0, 0.1) is 6.57 Å². The molecule has 0 amide bonds. The molecule has 63 heavy (non-hydrogen) atoms. The Morgan fingerprint density at radius 2 is 0.762 bits per heavy atom. The average molecular weight is 805 g/mol. The third kappa shape index (κ3) is 7.22. The van der Waals surface area contributed by atoms with Gasteiger partial charge in [0.05, 0.1) is 6.57 Å². The molecule has 294 valence electrons. The lowest BCUT2D eigenvalue weighted by Gasteiger charge is -2.13. The van der Waals surface area contributed by atoms with E-state index < -0.39 is 0 Å². The molecule has 0 aliphatic carbocycles. The molecule has 0 spiro atoms. The van der Waals surface area contributed by atoms with E-state index in [-0.39, 0.29) is 0 Å². The van der Waals surface area contributed by atoms with Gasteiger partial charge in [0.1, 0.15) is 11.2 Å². The highest BCUT2D eigenvalue weighted by Crippen LogP contribution is 2.40. The Morgan fingerprint density at radius 3 is 1.41 bits per heavy atom. The van der Waals surface area contributed by atoms with Crippen molar-refractivity contribution in [3.63, 3.8) is 0 Å². The molecule has 11 aromatic rings. The second-order valence-electron chi connectivity index (χ2n) is 15.5. The SMILES string of the molecule is [C-]#[N+]c1ccccc1-c1cccc(-c2nc(-c3cc(-c4ccccc4)cc(-c4ccccc4)c3)nc(-c3ccc4c(c3)oc3cccc(-c5cccc(-c6ccccc6)c5)c34)n2)c1. The van der Waals surface area contributed by atoms with Crippen LogP contribution in [0.1, 0.15) is 0 Å². The van der Waals surface area contributed by atoms with Gasteiger partial charge in [0.25, 0.3) is 0 Å². The summed E-state index contributed by atoms with van der Waals surface area (Å²) in [6.45, 7) is 7.83. The van der Waals surface area contributed by atoms with Gasteiger partial charge in [-0.25, -0.2) is 19.8 Å². The second-order valence-corrected chi connectivity index (χ2v) is 15.5. The minimum Gasteiger partial charge on any atom is -0.456 e. The molecule has 0 saturated heterocycles. The molecule has 0 atom stereocenters. The van der Waals surface area contributed by atoms with Gasteiger partial charge >= 0.3 is 0 Å². The van der Waals surface area contributed by atoms with Crippen molar-refractivity contribution < 1.29 is 4.42 Å². The van der Waals surface area contributed by atoms with Crippen molar-refractivity contribution in [2.24, 2.45) is 0 Å². The maximum Gasteiger partial charge on any atom is 0.194 e. The lowest BCUT2D eigenvalue weighted by Crippen LogP contribution is -2.01. The zero-order valence-corrected chi connectivity index (χ0v) is 34.0. The van der Waals surface area contributed by atoms with Gasteiger partial charge in [0, 0.05) is 27.5 Å². The van der Waals surface area contributed by atoms with Crippen molar-refractivity contribution in [3.05, 3.63) is 230 Å². The first kappa shape index (κ1) is 37.3. The van der Waals surface area contributed by atoms with Gasteiger partial charge in [-0.15, -0.1) is 0 Å². The lowest BCUT2D eigenvalue weighted by molar-refractivity contribution is 0.669. The highest BCUT2D eigenvalue weighted by molar-refractivity contribution is 6.13. The van der Waals surface area contributed by atoms with Gasteiger partial charge in [-0.05, 0) is 104 Å². The lowest BCUT2D eigenvalue weighted by atomic mass is 9.95. The quantitative estimate of drug-likeness (QED) is 0.144. The fourth-order valence-corrected chi connectivity index (χ4v) is 8.46. The summed E-state index contributed by atoms with van der Waals surface area (Å²) in [5.41, 5.74) is 15.2. The van der Waals surface area contributed by atoms with Crippen molar-refractivity contribution in [3.8, 4) is 89.8 Å². The number of hydrogen-bond acceptors (Lipinski definition) is 4. The van der Waals surface area contributed by atoms with Crippen LogP contribution in [0.15, 0.2) is 223 Å². The Balaban J connectivity index is 1.08. The van der Waals surface area contributed by atoms with Crippen LogP contribution in [0.5, 0.6) is 0 Å². The highest BCUT2D eigenvalue weighted by atomic mass is 16.3. The second kappa shape index (κ2) is 16.0. The number of nitrogens with zero attached hydrogens (tertiary/aromatic N) is 4. The Hall–Kier alpha value is -8.72. The van der Waals surface area contributed by atoms with E-state index in [0.717, 1.165) is 88.7 Å². The molecule has 0 aliphatic heterocycles. The molecular weight excluding hydrogens is 769 g/mol. The number of aromatic nitrogens is 3. The van der Waals surface area contributed by atoms with E-state index in [1.54, 1.807) is 0 Å². The third-order valence-corrected chi connectivity index (χ3v) is 11.5. The van der Waals surface area contributed by atoms with Crippen LogP contribution < -0.4 is 0 Å². The molecule has 11 rings (SSSR count). The van der Waals surface area contributed by atoms with E-state index in [2.05, 4.69) is 150 Å². The highest BCUT2D eigenvalue weighted by Gasteiger charge is 2.19. The maximum atomic E-state index is 7.83. The summed E-state index contributed by atoms with van der Waals surface area (Å²) in [4.78, 5) is 19.4. The summed E-state index contributed by atoms with van der Waals surface area (Å²) in [6.07, 6.45) is 0. The van der Waals surface area contributed by atoms with Crippen molar-refractivity contribution in [1.29, 1.82) is 0 Å². The number of hydrogen-bond donors (Lipinski definition) is 0. The smallest absolute Gasteiger partial charge is 0.194 e. The van der Waals surface area contributed by atoms with Gasteiger partial charge in [-0.1, -0.05) is 170 Å². The van der Waals surface area contributed by atoms with E-state index in [4.69, 9.17) is 25.9 Å².